The van der Waals surface area contributed by atoms with Crippen LogP contribution in [0.3, 0.4) is 0 Å². The van der Waals surface area contributed by atoms with E-state index in [1.54, 1.807) is 19.1 Å². The minimum absolute atomic E-state index is 0.0952. The molecular formula is C12H11NO4. The molecule has 17 heavy (non-hydrogen) atoms. The summed E-state index contributed by atoms with van der Waals surface area (Å²) >= 11 is 0. The molecule has 2 rings (SSSR count). The summed E-state index contributed by atoms with van der Waals surface area (Å²) < 4.78 is 5.11. The van der Waals surface area contributed by atoms with E-state index in [9.17, 15) is 9.90 Å². The highest BCUT2D eigenvalue weighted by atomic mass is 16.5. The Kier molecular flexibility index (Phi) is 2.82. The molecule has 2 N–H and O–H groups in total. The molecule has 88 valence electrons. The van der Waals surface area contributed by atoms with Crippen LogP contribution in [0.2, 0.25) is 0 Å². The number of nitrogens with zero attached hydrogens (tertiary/aromatic N) is 1. The van der Waals surface area contributed by atoms with Gasteiger partial charge in [-0.3, -0.25) is 4.79 Å². The van der Waals surface area contributed by atoms with Crippen LogP contribution in [-0.4, -0.2) is 21.3 Å². The van der Waals surface area contributed by atoms with Gasteiger partial charge in [0.05, 0.1) is 12.1 Å². The second kappa shape index (κ2) is 4.29. The molecule has 5 heteroatoms. The van der Waals surface area contributed by atoms with Gasteiger partial charge in [0.2, 0.25) is 0 Å². The summed E-state index contributed by atoms with van der Waals surface area (Å²) in [6, 6.07) is 6.42. The SMILES string of the molecule is Cc1noc(-c2cccc(O)c2)c1CC(=O)O. The van der Waals surface area contributed by atoms with Crippen LogP contribution >= 0.6 is 0 Å². The highest BCUT2D eigenvalue weighted by Gasteiger charge is 2.17. The van der Waals surface area contributed by atoms with Crippen LogP contribution in [0.4, 0.5) is 0 Å². The van der Waals surface area contributed by atoms with E-state index in [2.05, 4.69) is 5.16 Å². The number of phenols is 1. The smallest absolute Gasteiger partial charge is 0.308 e. The van der Waals surface area contributed by atoms with E-state index < -0.39 is 5.97 Å². The Morgan fingerprint density at radius 2 is 2.24 bits per heavy atom. The maximum Gasteiger partial charge on any atom is 0.308 e. The molecule has 0 aliphatic carbocycles. The summed E-state index contributed by atoms with van der Waals surface area (Å²) in [5.41, 5.74) is 1.69. The molecule has 0 saturated heterocycles. The summed E-state index contributed by atoms with van der Waals surface area (Å²) in [6.45, 7) is 1.69. The van der Waals surface area contributed by atoms with Crippen LogP contribution in [-0.2, 0) is 11.2 Å². The van der Waals surface area contributed by atoms with Crippen molar-refractivity contribution in [2.45, 2.75) is 13.3 Å². The molecule has 0 aliphatic heterocycles. The fourth-order valence-electron chi connectivity index (χ4n) is 1.62. The molecule has 0 radical (unpaired) electrons. The van der Waals surface area contributed by atoms with Crippen molar-refractivity contribution in [3.05, 3.63) is 35.5 Å². The number of aromatic nitrogens is 1. The lowest BCUT2D eigenvalue weighted by molar-refractivity contribution is -0.136. The molecule has 1 heterocycles. The average molecular weight is 233 g/mol. The first-order valence-electron chi connectivity index (χ1n) is 5.04. The summed E-state index contributed by atoms with van der Waals surface area (Å²) in [7, 11) is 0. The average Bonchev–Trinajstić information content (AvgIpc) is 2.60. The van der Waals surface area contributed by atoms with Gasteiger partial charge in [0.15, 0.2) is 5.76 Å². The van der Waals surface area contributed by atoms with E-state index in [1.807, 2.05) is 0 Å². The molecular weight excluding hydrogens is 222 g/mol. The highest BCUT2D eigenvalue weighted by Crippen LogP contribution is 2.28. The van der Waals surface area contributed by atoms with Gasteiger partial charge in [0.1, 0.15) is 5.75 Å². The molecule has 0 bridgehead atoms. The Hall–Kier alpha value is -2.30. The molecule has 2 aromatic rings. The number of phenolic OH excluding ortho intramolecular Hbond substituents is 1. The van der Waals surface area contributed by atoms with Crippen molar-refractivity contribution in [2.75, 3.05) is 0 Å². The molecule has 0 saturated carbocycles. The normalized spacial score (nSPS) is 10.4. The standard InChI is InChI=1S/C12H11NO4/c1-7-10(6-11(15)16)12(17-13-7)8-3-2-4-9(14)5-8/h2-5,14H,6H2,1H3,(H,15,16). The number of carboxylic acids is 1. The Morgan fingerprint density at radius 1 is 1.47 bits per heavy atom. The topological polar surface area (TPSA) is 83.6 Å². The number of hydrogen-bond donors (Lipinski definition) is 2. The van der Waals surface area contributed by atoms with Crippen LogP contribution in [0.5, 0.6) is 5.75 Å². The first-order valence-corrected chi connectivity index (χ1v) is 5.04. The van der Waals surface area contributed by atoms with Gasteiger partial charge >= 0.3 is 5.97 Å². The largest absolute Gasteiger partial charge is 0.508 e. The molecule has 0 aliphatic rings. The minimum atomic E-state index is -0.947. The van der Waals surface area contributed by atoms with E-state index in [1.165, 1.54) is 12.1 Å². The zero-order valence-electron chi connectivity index (χ0n) is 9.17. The summed E-state index contributed by atoms with van der Waals surface area (Å²) in [6.07, 6.45) is -0.152. The fourth-order valence-corrected chi connectivity index (χ4v) is 1.62. The van der Waals surface area contributed by atoms with E-state index in [0.717, 1.165) is 0 Å². The number of rotatable bonds is 3. The first kappa shape index (κ1) is 11.2. The molecule has 5 nitrogen and oxygen atoms in total. The maximum absolute atomic E-state index is 10.8. The molecule has 0 spiro atoms. The van der Waals surface area contributed by atoms with E-state index in [0.29, 0.717) is 22.6 Å². The lowest BCUT2D eigenvalue weighted by Gasteiger charge is -2.00. The van der Waals surface area contributed by atoms with Gasteiger partial charge in [-0.05, 0) is 19.1 Å². The second-order valence-corrected chi connectivity index (χ2v) is 3.70. The van der Waals surface area contributed by atoms with Gasteiger partial charge < -0.3 is 14.7 Å². The van der Waals surface area contributed by atoms with E-state index in [4.69, 9.17) is 9.63 Å². The summed E-state index contributed by atoms with van der Waals surface area (Å²) in [5.74, 6) is -0.462. The molecule has 0 unspecified atom stereocenters. The van der Waals surface area contributed by atoms with Gasteiger partial charge in [-0.1, -0.05) is 17.3 Å². The van der Waals surface area contributed by atoms with Crippen LogP contribution in [0.25, 0.3) is 11.3 Å². The number of benzene rings is 1. The van der Waals surface area contributed by atoms with Gasteiger partial charge in [0.25, 0.3) is 0 Å². The number of carbonyl (C=O) groups is 1. The molecule has 0 amide bonds. The third-order valence-electron chi connectivity index (χ3n) is 2.42. The van der Waals surface area contributed by atoms with Crippen LogP contribution in [0.15, 0.2) is 28.8 Å². The molecule has 1 aromatic carbocycles. The van der Waals surface area contributed by atoms with Crippen molar-refractivity contribution in [1.82, 2.24) is 5.16 Å². The predicted molar refractivity (Wildman–Crippen MR) is 59.7 cm³/mol. The number of carboxylic acid groups (broad SMARTS) is 1. The molecule has 0 fully saturated rings. The van der Waals surface area contributed by atoms with Crippen molar-refractivity contribution in [3.63, 3.8) is 0 Å². The lowest BCUT2D eigenvalue weighted by Crippen LogP contribution is -2.01. The van der Waals surface area contributed by atoms with Crippen molar-refractivity contribution in [3.8, 4) is 17.1 Å². The van der Waals surface area contributed by atoms with Crippen molar-refractivity contribution in [1.29, 1.82) is 0 Å². The predicted octanol–water partition coefficient (Wildman–Crippen LogP) is 1.98. The van der Waals surface area contributed by atoms with Gasteiger partial charge in [-0.2, -0.15) is 0 Å². The zero-order chi connectivity index (χ0) is 12.4. The monoisotopic (exact) mass is 233 g/mol. The zero-order valence-corrected chi connectivity index (χ0v) is 9.17. The molecule has 1 aromatic heterocycles. The van der Waals surface area contributed by atoms with Gasteiger partial charge in [-0.15, -0.1) is 0 Å². The van der Waals surface area contributed by atoms with Crippen molar-refractivity contribution < 1.29 is 19.5 Å². The third-order valence-corrected chi connectivity index (χ3v) is 2.42. The Labute approximate surface area is 97.3 Å². The number of aliphatic carboxylic acids is 1. The summed E-state index contributed by atoms with van der Waals surface area (Å²) in [4.78, 5) is 10.8. The van der Waals surface area contributed by atoms with E-state index in [-0.39, 0.29) is 12.2 Å². The quantitative estimate of drug-likeness (QED) is 0.846. The van der Waals surface area contributed by atoms with Crippen LogP contribution in [0.1, 0.15) is 11.3 Å². The van der Waals surface area contributed by atoms with Crippen LogP contribution in [0, 0.1) is 6.92 Å². The highest BCUT2D eigenvalue weighted by molar-refractivity contribution is 5.75. The Bertz CT molecular complexity index is 559. The van der Waals surface area contributed by atoms with Crippen LogP contribution < -0.4 is 0 Å². The first-order chi connectivity index (χ1) is 8.08. The minimum Gasteiger partial charge on any atom is -0.508 e. The Morgan fingerprint density at radius 3 is 2.88 bits per heavy atom. The third kappa shape index (κ3) is 2.28. The lowest BCUT2D eigenvalue weighted by atomic mass is 10.0. The number of hydrogen-bond acceptors (Lipinski definition) is 4. The van der Waals surface area contributed by atoms with Gasteiger partial charge in [-0.25, -0.2) is 0 Å². The fraction of sp³-hybridized carbons (Fsp3) is 0.167. The second-order valence-electron chi connectivity index (χ2n) is 3.70. The van der Waals surface area contributed by atoms with Gasteiger partial charge in [0, 0.05) is 11.1 Å². The van der Waals surface area contributed by atoms with Crippen molar-refractivity contribution >= 4 is 5.97 Å². The Balaban J connectivity index is 2.48. The summed E-state index contributed by atoms with van der Waals surface area (Å²) in [5, 5.41) is 21.9. The number of aromatic hydroxyl groups is 1. The maximum atomic E-state index is 10.8. The van der Waals surface area contributed by atoms with E-state index >= 15 is 0 Å². The van der Waals surface area contributed by atoms with Crippen molar-refractivity contribution in [2.24, 2.45) is 0 Å². The number of aryl methyl sites for hydroxylation is 1. The molecule has 0 atom stereocenters.